The number of benzene rings is 1. The number of ether oxygens (including phenoxy) is 2. The second kappa shape index (κ2) is 11.9. The third-order valence-electron chi connectivity index (χ3n) is 6.91. The molecule has 2 aliphatic rings. The van der Waals surface area contributed by atoms with E-state index in [1.54, 1.807) is 7.11 Å². The molecule has 0 bridgehead atoms. The number of alkyl carbamates (subject to hydrolysis) is 1. The number of carbonyl (C=O) groups excluding carboxylic acids is 1. The average molecular weight is 481 g/mol. The summed E-state index contributed by atoms with van der Waals surface area (Å²) in [6.45, 7) is 3.68. The summed E-state index contributed by atoms with van der Waals surface area (Å²) in [6, 6.07) is 6.59. The fraction of sp³-hybridized carbons (Fsp3) is 0.708. The van der Waals surface area contributed by atoms with E-state index in [1.165, 1.54) is 75.3 Å². The number of nitrogens with zero attached hydrogens (tertiary/aromatic N) is 1. The van der Waals surface area contributed by atoms with Crippen molar-refractivity contribution in [2.45, 2.75) is 63.8 Å². The lowest BCUT2D eigenvalue weighted by molar-refractivity contribution is 0.157. The van der Waals surface area contributed by atoms with Gasteiger partial charge in [0.05, 0.1) is 14.2 Å². The molecule has 1 saturated carbocycles. The van der Waals surface area contributed by atoms with Gasteiger partial charge in [0, 0.05) is 10.5 Å². The van der Waals surface area contributed by atoms with Crippen molar-refractivity contribution >= 4 is 22.0 Å². The summed E-state index contributed by atoms with van der Waals surface area (Å²) >= 11 is 3.70. The van der Waals surface area contributed by atoms with E-state index < -0.39 is 0 Å². The standard InChI is InChI=1S/C24H37BrN2O3/c1-29-22-9-10-23(25)20(17-22)16-19-11-14-27(15-12-19)13-3-4-18-5-7-21(8-6-18)26-24(28)30-2/h9-10,17-19,21H,3-8,11-16H2,1-2H3,(H,26,28)/t18-,21-. The predicted octanol–water partition coefficient (Wildman–Crippen LogP) is 5.41. The fourth-order valence-electron chi connectivity index (χ4n) is 4.98. The first-order chi connectivity index (χ1) is 14.6. The Kier molecular flexibility index (Phi) is 9.31. The number of carbonyl (C=O) groups is 1. The molecule has 2 fully saturated rings. The summed E-state index contributed by atoms with van der Waals surface area (Å²) in [5, 5.41) is 2.95. The number of hydrogen-bond acceptors (Lipinski definition) is 4. The van der Waals surface area contributed by atoms with Crippen LogP contribution < -0.4 is 10.1 Å². The summed E-state index contributed by atoms with van der Waals surface area (Å²) in [6.07, 6.45) is 10.7. The van der Waals surface area contributed by atoms with Gasteiger partial charge in [-0.15, -0.1) is 0 Å². The fourth-order valence-corrected chi connectivity index (χ4v) is 5.39. The van der Waals surface area contributed by atoms with Gasteiger partial charge in [-0.3, -0.25) is 0 Å². The van der Waals surface area contributed by atoms with Crippen molar-refractivity contribution in [2.24, 2.45) is 11.8 Å². The Morgan fingerprint density at radius 3 is 2.50 bits per heavy atom. The maximum Gasteiger partial charge on any atom is 0.407 e. The van der Waals surface area contributed by atoms with Crippen LogP contribution >= 0.6 is 15.9 Å². The molecule has 1 aliphatic carbocycles. The predicted molar refractivity (Wildman–Crippen MR) is 124 cm³/mol. The molecule has 168 valence electrons. The lowest BCUT2D eigenvalue weighted by Crippen LogP contribution is -2.37. The highest BCUT2D eigenvalue weighted by Gasteiger charge is 2.24. The van der Waals surface area contributed by atoms with Crippen LogP contribution in [0, 0.1) is 11.8 Å². The van der Waals surface area contributed by atoms with Crippen LogP contribution in [0.3, 0.4) is 0 Å². The van der Waals surface area contributed by atoms with Crippen LogP contribution in [-0.2, 0) is 11.2 Å². The lowest BCUT2D eigenvalue weighted by atomic mass is 9.83. The molecule has 0 unspecified atom stereocenters. The minimum atomic E-state index is -0.291. The molecule has 1 N–H and O–H groups in total. The van der Waals surface area contributed by atoms with Crippen LogP contribution in [0.15, 0.2) is 22.7 Å². The summed E-state index contributed by atoms with van der Waals surface area (Å²) in [5.41, 5.74) is 1.37. The molecule has 5 nitrogen and oxygen atoms in total. The van der Waals surface area contributed by atoms with E-state index in [0.29, 0.717) is 6.04 Å². The Bertz CT molecular complexity index is 668. The molecule has 1 amide bonds. The van der Waals surface area contributed by atoms with Gasteiger partial charge in [0.1, 0.15) is 5.75 Å². The molecule has 3 rings (SSSR count). The molecule has 1 aliphatic heterocycles. The summed E-state index contributed by atoms with van der Waals surface area (Å²) in [7, 11) is 3.16. The Labute approximate surface area is 190 Å². The largest absolute Gasteiger partial charge is 0.497 e. The number of halogens is 1. The normalized spacial score (nSPS) is 23.2. The van der Waals surface area contributed by atoms with E-state index in [2.05, 4.69) is 38.3 Å². The monoisotopic (exact) mass is 480 g/mol. The van der Waals surface area contributed by atoms with Crippen molar-refractivity contribution in [3.8, 4) is 5.75 Å². The first kappa shape index (κ1) is 23.4. The van der Waals surface area contributed by atoms with Crippen molar-refractivity contribution in [3.05, 3.63) is 28.2 Å². The van der Waals surface area contributed by atoms with E-state index in [4.69, 9.17) is 9.47 Å². The minimum absolute atomic E-state index is 0.291. The highest BCUT2D eigenvalue weighted by molar-refractivity contribution is 9.10. The highest BCUT2D eigenvalue weighted by atomic mass is 79.9. The van der Waals surface area contributed by atoms with Crippen LogP contribution in [0.4, 0.5) is 4.79 Å². The quantitative estimate of drug-likeness (QED) is 0.540. The number of amides is 1. The molecular formula is C24H37BrN2O3. The van der Waals surface area contributed by atoms with Gasteiger partial charge in [0.2, 0.25) is 0 Å². The first-order valence-electron chi connectivity index (χ1n) is 11.5. The molecule has 1 saturated heterocycles. The Balaban J connectivity index is 1.30. The highest BCUT2D eigenvalue weighted by Crippen LogP contribution is 2.30. The molecule has 0 atom stereocenters. The van der Waals surface area contributed by atoms with Crippen LogP contribution in [0.5, 0.6) is 5.75 Å². The number of nitrogens with one attached hydrogen (secondary N) is 1. The SMILES string of the molecule is COC(=O)N[C@H]1CC[C@H](CCCN2CCC(Cc3cc(OC)ccc3Br)CC2)CC1. The summed E-state index contributed by atoms with van der Waals surface area (Å²) < 4.78 is 11.3. The third-order valence-corrected chi connectivity index (χ3v) is 7.68. The number of rotatable bonds is 8. The van der Waals surface area contributed by atoms with Crippen LogP contribution in [0.25, 0.3) is 0 Å². The lowest BCUT2D eigenvalue weighted by Gasteiger charge is -2.33. The van der Waals surface area contributed by atoms with Crippen LogP contribution in [0.2, 0.25) is 0 Å². The Morgan fingerprint density at radius 1 is 1.10 bits per heavy atom. The number of piperidine rings is 1. The van der Waals surface area contributed by atoms with Gasteiger partial charge in [0.15, 0.2) is 0 Å². The number of likely N-dealkylation sites (tertiary alicyclic amines) is 1. The van der Waals surface area contributed by atoms with E-state index in [0.717, 1.165) is 36.8 Å². The topological polar surface area (TPSA) is 50.8 Å². The molecule has 30 heavy (non-hydrogen) atoms. The van der Waals surface area contributed by atoms with E-state index >= 15 is 0 Å². The van der Waals surface area contributed by atoms with Gasteiger partial charge in [-0.1, -0.05) is 15.9 Å². The van der Waals surface area contributed by atoms with Crippen molar-refractivity contribution in [1.29, 1.82) is 0 Å². The number of methoxy groups -OCH3 is 2. The summed E-state index contributed by atoms with van der Waals surface area (Å²) in [5.74, 6) is 2.53. The average Bonchev–Trinajstić information content (AvgIpc) is 2.77. The van der Waals surface area contributed by atoms with Crippen molar-refractivity contribution < 1.29 is 14.3 Å². The zero-order valence-electron chi connectivity index (χ0n) is 18.5. The van der Waals surface area contributed by atoms with Crippen LogP contribution in [0.1, 0.15) is 56.9 Å². The van der Waals surface area contributed by atoms with E-state index in [-0.39, 0.29) is 6.09 Å². The molecule has 0 spiro atoms. The summed E-state index contributed by atoms with van der Waals surface area (Å²) in [4.78, 5) is 14.0. The van der Waals surface area contributed by atoms with Crippen molar-refractivity contribution in [1.82, 2.24) is 10.2 Å². The zero-order valence-corrected chi connectivity index (χ0v) is 20.1. The molecule has 1 heterocycles. The van der Waals surface area contributed by atoms with E-state index in [1.807, 2.05) is 6.07 Å². The smallest absolute Gasteiger partial charge is 0.407 e. The third kappa shape index (κ3) is 7.16. The Morgan fingerprint density at radius 2 is 1.83 bits per heavy atom. The van der Waals surface area contributed by atoms with Gasteiger partial charge < -0.3 is 19.7 Å². The Hall–Kier alpha value is -1.27. The van der Waals surface area contributed by atoms with Crippen molar-refractivity contribution in [2.75, 3.05) is 33.9 Å². The van der Waals surface area contributed by atoms with Gasteiger partial charge in [-0.25, -0.2) is 4.79 Å². The molecule has 0 radical (unpaired) electrons. The molecule has 1 aromatic rings. The molecule has 1 aromatic carbocycles. The molecule has 6 heteroatoms. The minimum Gasteiger partial charge on any atom is -0.497 e. The van der Waals surface area contributed by atoms with Gasteiger partial charge in [-0.05, 0) is 113 Å². The van der Waals surface area contributed by atoms with E-state index in [9.17, 15) is 4.79 Å². The number of hydrogen-bond donors (Lipinski definition) is 1. The van der Waals surface area contributed by atoms with Crippen molar-refractivity contribution in [3.63, 3.8) is 0 Å². The van der Waals surface area contributed by atoms with Gasteiger partial charge >= 0.3 is 6.09 Å². The first-order valence-corrected chi connectivity index (χ1v) is 12.3. The molecule has 0 aromatic heterocycles. The van der Waals surface area contributed by atoms with Gasteiger partial charge in [-0.2, -0.15) is 0 Å². The van der Waals surface area contributed by atoms with Gasteiger partial charge in [0.25, 0.3) is 0 Å². The maximum atomic E-state index is 11.3. The second-order valence-electron chi connectivity index (χ2n) is 8.94. The van der Waals surface area contributed by atoms with Crippen LogP contribution in [-0.4, -0.2) is 50.9 Å². The maximum absolute atomic E-state index is 11.3. The second-order valence-corrected chi connectivity index (χ2v) is 9.80. The molecular weight excluding hydrogens is 444 g/mol. The zero-order chi connectivity index (χ0) is 21.3.